The molecule has 18 heavy (non-hydrogen) atoms. The summed E-state index contributed by atoms with van der Waals surface area (Å²) in [5.74, 6) is -0.938. The van der Waals surface area contributed by atoms with Crippen molar-refractivity contribution < 1.29 is 13.9 Å². The molecule has 0 unspecified atom stereocenters. The molecule has 0 bridgehead atoms. The summed E-state index contributed by atoms with van der Waals surface area (Å²) < 4.78 is 19.1. The van der Waals surface area contributed by atoms with E-state index >= 15 is 0 Å². The first-order valence-electron chi connectivity index (χ1n) is 5.11. The molecule has 1 amide bonds. The number of primary amides is 1. The molecule has 0 spiro atoms. The van der Waals surface area contributed by atoms with E-state index in [1.54, 1.807) is 12.1 Å². The predicted octanol–water partition coefficient (Wildman–Crippen LogP) is 3.20. The number of ether oxygens (including phenoxy) is 1. The zero-order chi connectivity index (χ0) is 12.9. The third-order valence-corrected chi connectivity index (χ3v) is 4.24. The zero-order valence-electron chi connectivity index (χ0n) is 9.00. The van der Waals surface area contributed by atoms with Gasteiger partial charge in [0.2, 0.25) is 0 Å². The molecule has 92 valence electrons. The summed E-state index contributed by atoms with van der Waals surface area (Å²) in [7, 11) is 0. The minimum Gasteiger partial charge on any atom is -0.485 e. The van der Waals surface area contributed by atoms with Crippen LogP contribution in [0.2, 0.25) is 5.02 Å². The van der Waals surface area contributed by atoms with Crippen LogP contribution in [0.1, 0.15) is 15.2 Å². The fraction of sp³-hybridized carbons (Fsp3) is 0.0833. The molecule has 6 heteroatoms. The Morgan fingerprint density at radius 1 is 1.50 bits per heavy atom. The summed E-state index contributed by atoms with van der Waals surface area (Å²) in [4.78, 5) is 12.4. The van der Waals surface area contributed by atoms with Crippen LogP contribution in [0.5, 0.6) is 5.75 Å². The lowest BCUT2D eigenvalue weighted by atomic mass is 10.1. The molecule has 0 radical (unpaired) electrons. The molecule has 3 rings (SSSR count). The van der Waals surface area contributed by atoms with Crippen molar-refractivity contribution in [2.24, 2.45) is 5.73 Å². The summed E-state index contributed by atoms with van der Waals surface area (Å²) in [5.41, 5.74) is 6.68. The maximum absolute atomic E-state index is 13.8. The molecule has 0 fully saturated rings. The van der Waals surface area contributed by atoms with Gasteiger partial charge in [-0.05, 0) is 18.2 Å². The van der Waals surface area contributed by atoms with E-state index in [0.29, 0.717) is 10.4 Å². The Balaban J connectivity index is 2.23. The smallest absolute Gasteiger partial charge is 0.258 e. The Morgan fingerprint density at radius 3 is 3.00 bits per heavy atom. The molecule has 1 aromatic heterocycles. The van der Waals surface area contributed by atoms with Crippen LogP contribution in [-0.2, 0) is 6.61 Å². The molecule has 1 aliphatic rings. The van der Waals surface area contributed by atoms with Crippen molar-refractivity contribution in [3.63, 3.8) is 0 Å². The van der Waals surface area contributed by atoms with Gasteiger partial charge >= 0.3 is 0 Å². The lowest BCUT2D eigenvalue weighted by Crippen LogP contribution is -2.08. The average molecular weight is 284 g/mol. The van der Waals surface area contributed by atoms with E-state index < -0.39 is 11.7 Å². The van der Waals surface area contributed by atoms with E-state index in [4.69, 9.17) is 22.1 Å². The van der Waals surface area contributed by atoms with Crippen molar-refractivity contribution in [2.45, 2.75) is 6.61 Å². The van der Waals surface area contributed by atoms with E-state index in [-0.39, 0.29) is 17.4 Å². The number of carbonyl (C=O) groups is 1. The largest absolute Gasteiger partial charge is 0.485 e. The van der Waals surface area contributed by atoms with E-state index in [1.165, 1.54) is 17.4 Å². The van der Waals surface area contributed by atoms with Gasteiger partial charge in [0.25, 0.3) is 5.91 Å². The van der Waals surface area contributed by atoms with Gasteiger partial charge in [0.15, 0.2) is 11.6 Å². The standard InChI is InChI=1S/C12H7ClFNO2S/c13-7-2-1-6-10(9(7)14)17-4-5-3-8(12(15)16)18-11(5)6/h1-3H,4H2,(H2,15,16). The van der Waals surface area contributed by atoms with Gasteiger partial charge < -0.3 is 10.5 Å². The first-order chi connectivity index (χ1) is 8.58. The number of carbonyl (C=O) groups excluding carboxylic acids is 1. The topological polar surface area (TPSA) is 52.3 Å². The molecule has 2 aromatic rings. The first kappa shape index (κ1) is 11.5. The Kier molecular flexibility index (Phi) is 2.53. The van der Waals surface area contributed by atoms with Gasteiger partial charge in [-0.15, -0.1) is 11.3 Å². The molecule has 0 atom stereocenters. The van der Waals surface area contributed by atoms with E-state index in [9.17, 15) is 9.18 Å². The van der Waals surface area contributed by atoms with Crippen molar-refractivity contribution in [2.75, 3.05) is 0 Å². The number of halogens is 2. The molecule has 1 aromatic carbocycles. The van der Waals surface area contributed by atoms with E-state index in [1.807, 2.05) is 0 Å². The lowest BCUT2D eigenvalue weighted by molar-refractivity contribution is 0.100. The number of hydrogen-bond acceptors (Lipinski definition) is 3. The second-order valence-corrected chi connectivity index (χ2v) is 5.32. The maximum atomic E-state index is 13.8. The van der Waals surface area contributed by atoms with Crippen molar-refractivity contribution >= 4 is 28.8 Å². The third-order valence-electron chi connectivity index (χ3n) is 2.72. The van der Waals surface area contributed by atoms with Gasteiger partial charge in [-0.2, -0.15) is 0 Å². The normalized spacial score (nSPS) is 12.6. The molecular formula is C12H7ClFNO2S. The van der Waals surface area contributed by atoms with Crippen LogP contribution < -0.4 is 10.5 Å². The summed E-state index contributed by atoms with van der Waals surface area (Å²) in [6, 6.07) is 4.83. The maximum Gasteiger partial charge on any atom is 0.258 e. The molecule has 3 nitrogen and oxygen atoms in total. The summed E-state index contributed by atoms with van der Waals surface area (Å²) in [5, 5.41) is 0.0175. The Hall–Kier alpha value is -1.59. The van der Waals surface area contributed by atoms with Gasteiger partial charge in [0.05, 0.1) is 9.90 Å². The van der Waals surface area contributed by atoms with Crippen LogP contribution >= 0.6 is 22.9 Å². The molecule has 1 aliphatic heterocycles. The second-order valence-electron chi connectivity index (χ2n) is 3.86. The van der Waals surface area contributed by atoms with Crippen LogP contribution in [0.15, 0.2) is 18.2 Å². The van der Waals surface area contributed by atoms with Gasteiger partial charge in [0.1, 0.15) is 6.61 Å². The molecule has 0 saturated heterocycles. The number of hydrogen-bond donors (Lipinski definition) is 1. The number of rotatable bonds is 1. The van der Waals surface area contributed by atoms with Crippen molar-refractivity contribution in [3.05, 3.63) is 39.5 Å². The number of benzene rings is 1. The number of thiophene rings is 1. The molecular weight excluding hydrogens is 277 g/mol. The molecule has 0 aliphatic carbocycles. The summed E-state index contributed by atoms with van der Waals surface area (Å²) in [6.45, 7) is 0.212. The predicted molar refractivity (Wildman–Crippen MR) is 67.6 cm³/mol. The highest BCUT2D eigenvalue weighted by Gasteiger charge is 2.25. The van der Waals surface area contributed by atoms with Gasteiger partial charge in [-0.25, -0.2) is 4.39 Å². The molecule has 2 heterocycles. The summed E-state index contributed by atoms with van der Waals surface area (Å²) >= 11 is 6.94. The SMILES string of the molecule is NC(=O)c1cc2c(s1)-c1ccc(Cl)c(F)c1OC2. The Labute approximate surface area is 111 Å². The lowest BCUT2D eigenvalue weighted by Gasteiger charge is -2.18. The van der Waals surface area contributed by atoms with Gasteiger partial charge in [0, 0.05) is 16.0 Å². The van der Waals surface area contributed by atoms with Crippen molar-refractivity contribution in [1.29, 1.82) is 0 Å². The fourth-order valence-corrected chi connectivity index (χ4v) is 3.08. The van der Waals surface area contributed by atoms with Gasteiger partial charge in [-0.1, -0.05) is 11.6 Å². The molecule has 2 N–H and O–H groups in total. The van der Waals surface area contributed by atoms with Crippen LogP contribution in [0.4, 0.5) is 4.39 Å². The minimum atomic E-state index is -0.575. The molecule has 0 saturated carbocycles. The van der Waals surface area contributed by atoms with Crippen LogP contribution in [0.25, 0.3) is 10.4 Å². The number of fused-ring (bicyclic) bond motifs is 3. The Bertz CT molecular complexity index is 668. The fourth-order valence-electron chi connectivity index (χ4n) is 1.89. The van der Waals surface area contributed by atoms with E-state index in [2.05, 4.69) is 0 Å². The average Bonchev–Trinajstić information content (AvgIpc) is 2.77. The van der Waals surface area contributed by atoms with E-state index in [0.717, 1.165) is 10.4 Å². The third kappa shape index (κ3) is 1.59. The van der Waals surface area contributed by atoms with Crippen LogP contribution in [0, 0.1) is 5.82 Å². The second kappa shape index (κ2) is 3.96. The monoisotopic (exact) mass is 283 g/mol. The minimum absolute atomic E-state index is 0.0175. The number of nitrogens with two attached hydrogens (primary N) is 1. The Morgan fingerprint density at radius 2 is 2.28 bits per heavy atom. The summed E-state index contributed by atoms with van der Waals surface area (Å²) in [6.07, 6.45) is 0. The van der Waals surface area contributed by atoms with Crippen molar-refractivity contribution in [3.8, 4) is 16.2 Å². The van der Waals surface area contributed by atoms with Crippen LogP contribution in [-0.4, -0.2) is 5.91 Å². The van der Waals surface area contributed by atoms with Gasteiger partial charge in [-0.3, -0.25) is 4.79 Å². The quantitative estimate of drug-likeness (QED) is 0.874. The first-order valence-corrected chi connectivity index (χ1v) is 6.31. The highest BCUT2D eigenvalue weighted by Crippen LogP contribution is 2.45. The zero-order valence-corrected chi connectivity index (χ0v) is 10.6. The number of amides is 1. The van der Waals surface area contributed by atoms with Crippen molar-refractivity contribution in [1.82, 2.24) is 0 Å². The highest BCUT2D eigenvalue weighted by molar-refractivity contribution is 7.17. The highest BCUT2D eigenvalue weighted by atomic mass is 35.5. The van der Waals surface area contributed by atoms with Crippen LogP contribution in [0.3, 0.4) is 0 Å².